The van der Waals surface area contributed by atoms with Crippen LogP contribution < -0.4 is 27.6 Å². The van der Waals surface area contributed by atoms with Crippen molar-refractivity contribution >= 4 is 38.8 Å². The molecule has 0 radical (unpaired) electrons. The molecule has 372 valence electrons. The quantitative estimate of drug-likeness (QED) is 0.0380. The molecule has 0 saturated carbocycles. The monoisotopic (exact) mass is 988 g/mol. The Kier molecular flexibility index (Phi) is 19.8. The van der Waals surface area contributed by atoms with E-state index in [0.29, 0.717) is 52.1 Å². The molecule has 6 aromatic carbocycles. The number of methoxy groups -OCH3 is 2. The van der Waals surface area contributed by atoms with Crippen molar-refractivity contribution < 1.29 is 46.2 Å². The SMILES string of the molecule is CCCCCc1cc(OC)cc(Cc2cc(OC)cc(CCCC)c2OP(Oc2ccccc2)Oc2ccccc2)c1Op1oc2c(CCCC)cc(CO)cc2c2cc(CO)cc(CCCC)c2o1. The Bertz CT molecular complexity index is 2670. The lowest BCUT2D eigenvalue weighted by atomic mass is 9.95. The van der Waals surface area contributed by atoms with Crippen LogP contribution in [0.25, 0.3) is 21.9 Å². The first-order chi connectivity index (χ1) is 34.3. The molecule has 70 heavy (non-hydrogen) atoms. The summed E-state index contributed by atoms with van der Waals surface area (Å²) in [4.78, 5) is 0. The standard InChI is InChI=1S/C58H70O10P2/c1-7-11-17-25-46-36-52(62-6)38-48(34-47-37-51(61-5)35-45(24-14-10-4)55(47)65-69(63-49-26-18-15-19-27-49)64-50-28-20-16-21-29-50)56(46)66-70-67-57-43(22-12-8-2)30-41(39-59)32-53(57)54-33-42(40-60)31-44(23-13-9-3)58(54)68-70/h15-16,18-21,26-33,35-38,59-60H,7-14,17,22-25,34,39-40H2,1-6H3. The largest absolute Gasteiger partial charge is 0.530 e. The van der Waals surface area contributed by atoms with E-state index in [2.05, 4.69) is 33.8 Å². The van der Waals surface area contributed by atoms with Gasteiger partial charge in [0.2, 0.25) is 0 Å². The highest BCUT2D eigenvalue weighted by Crippen LogP contribution is 2.48. The summed E-state index contributed by atoms with van der Waals surface area (Å²) in [7, 11) is -0.768. The molecule has 7 rings (SSSR count). The average molecular weight is 989 g/mol. The maximum atomic E-state index is 10.6. The average Bonchev–Trinajstić information content (AvgIpc) is 3.54. The molecule has 0 unspecified atom stereocenters. The molecule has 12 heteroatoms. The molecule has 0 amide bonds. The van der Waals surface area contributed by atoms with Crippen molar-refractivity contribution in [1.82, 2.24) is 0 Å². The van der Waals surface area contributed by atoms with Crippen molar-refractivity contribution in [2.24, 2.45) is 0 Å². The molecule has 0 aliphatic carbocycles. The van der Waals surface area contributed by atoms with Gasteiger partial charge < -0.3 is 46.2 Å². The molecule has 1 aromatic heterocycles. The smallest absolute Gasteiger partial charge is 0.497 e. The number of fused-ring (bicyclic) bond motifs is 3. The predicted octanol–water partition coefficient (Wildman–Crippen LogP) is 16.2. The zero-order valence-corrected chi connectivity index (χ0v) is 43.5. The van der Waals surface area contributed by atoms with Gasteiger partial charge in [-0.25, -0.2) is 0 Å². The molecule has 0 fully saturated rings. The molecule has 0 aliphatic rings. The minimum Gasteiger partial charge on any atom is -0.497 e. The Labute approximate surface area is 416 Å². The van der Waals surface area contributed by atoms with Crippen molar-refractivity contribution in [3.63, 3.8) is 0 Å². The molecule has 7 aromatic rings. The third kappa shape index (κ3) is 13.6. The molecule has 10 nitrogen and oxygen atoms in total. The summed E-state index contributed by atoms with van der Waals surface area (Å²) in [6.45, 7) is 8.47. The van der Waals surface area contributed by atoms with Crippen molar-refractivity contribution in [2.45, 2.75) is 131 Å². The van der Waals surface area contributed by atoms with Crippen LogP contribution in [0, 0.1) is 0 Å². The first-order valence-electron chi connectivity index (χ1n) is 25.0. The lowest BCUT2D eigenvalue weighted by molar-refractivity contribution is 0.281. The number of hydrogen-bond donors (Lipinski definition) is 2. The summed E-state index contributed by atoms with van der Waals surface area (Å²) in [5.74, 6) is 3.97. The number of benzene rings is 6. The maximum absolute atomic E-state index is 10.6. The maximum Gasteiger partial charge on any atom is 0.530 e. The number of hydrogen-bond acceptors (Lipinski definition) is 10. The van der Waals surface area contributed by atoms with Gasteiger partial charge in [0.05, 0.1) is 27.4 Å². The number of para-hydroxylation sites is 2. The van der Waals surface area contributed by atoms with Crippen molar-refractivity contribution in [3.8, 4) is 34.5 Å². The molecule has 1 heterocycles. The van der Waals surface area contributed by atoms with Crippen LogP contribution in [0.4, 0.5) is 0 Å². The van der Waals surface area contributed by atoms with Crippen molar-refractivity contribution in [1.29, 1.82) is 0 Å². The second kappa shape index (κ2) is 26.5. The molecule has 0 spiro atoms. The zero-order valence-electron chi connectivity index (χ0n) is 41.8. The van der Waals surface area contributed by atoms with E-state index in [0.717, 1.165) is 139 Å². The Morgan fingerprint density at radius 3 is 1.34 bits per heavy atom. The highest BCUT2D eigenvalue weighted by molar-refractivity contribution is 7.43. The molecular formula is C58H70O10P2. The van der Waals surface area contributed by atoms with Gasteiger partial charge in [0.1, 0.15) is 45.7 Å². The Hall–Kier alpha value is -5.63. The van der Waals surface area contributed by atoms with Gasteiger partial charge in [0.25, 0.3) is 0 Å². The van der Waals surface area contributed by atoms with Crippen LogP contribution in [0.15, 0.2) is 118 Å². The number of aliphatic hydroxyl groups is 2. The van der Waals surface area contributed by atoms with Crippen LogP contribution in [0.3, 0.4) is 0 Å². The third-order valence-corrected chi connectivity index (χ3v) is 14.4. The van der Waals surface area contributed by atoms with E-state index in [1.54, 1.807) is 14.2 Å². The molecule has 0 bridgehead atoms. The second-order valence-electron chi connectivity index (χ2n) is 17.7. The van der Waals surface area contributed by atoms with Gasteiger partial charge in [-0.3, -0.25) is 0 Å². The zero-order chi connectivity index (χ0) is 49.2. The van der Waals surface area contributed by atoms with Gasteiger partial charge >= 0.3 is 16.8 Å². The number of rotatable bonds is 27. The lowest BCUT2D eigenvalue weighted by Gasteiger charge is -2.23. The third-order valence-electron chi connectivity index (χ3n) is 12.3. The summed E-state index contributed by atoms with van der Waals surface area (Å²) in [6, 6.07) is 35.4. The van der Waals surface area contributed by atoms with Crippen molar-refractivity contribution in [2.75, 3.05) is 14.2 Å². The summed E-state index contributed by atoms with van der Waals surface area (Å²) in [5, 5.41) is 22.8. The Morgan fingerprint density at radius 2 is 0.886 bits per heavy atom. The number of ether oxygens (including phenoxy) is 2. The van der Waals surface area contributed by atoms with Crippen LogP contribution in [-0.4, -0.2) is 24.4 Å². The van der Waals surface area contributed by atoms with Gasteiger partial charge in [-0.1, -0.05) is 96.2 Å². The van der Waals surface area contributed by atoms with E-state index in [-0.39, 0.29) is 13.2 Å². The highest BCUT2D eigenvalue weighted by atomic mass is 31.2. The summed E-state index contributed by atoms with van der Waals surface area (Å²) in [5.41, 5.74) is 8.52. The Morgan fingerprint density at radius 1 is 0.457 bits per heavy atom. The van der Waals surface area contributed by atoms with E-state index in [1.165, 1.54) is 0 Å². The molecule has 0 saturated heterocycles. The fourth-order valence-corrected chi connectivity index (χ4v) is 11.0. The van der Waals surface area contributed by atoms with Crippen LogP contribution in [0.2, 0.25) is 0 Å². The Balaban J connectivity index is 1.46. The van der Waals surface area contributed by atoms with Gasteiger partial charge in [0, 0.05) is 28.3 Å². The van der Waals surface area contributed by atoms with E-state index < -0.39 is 16.8 Å². The number of unbranched alkanes of at least 4 members (excludes halogenated alkanes) is 5. The first-order valence-corrected chi connectivity index (χ1v) is 27.2. The topological polar surface area (TPSA) is 122 Å². The predicted molar refractivity (Wildman–Crippen MR) is 284 cm³/mol. The summed E-state index contributed by atoms with van der Waals surface area (Å²) < 4.78 is 53.7. The number of aliphatic hydroxyl groups excluding tert-OH is 2. The number of aryl methyl sites for hydroxylation is 4. The minimum absolute atomic E-state index is 0.124. The normalized spacial score (nSPS) is 11.3. The van der Waals surface area contributed by atoms with Crippen LogP contribution in [-0.2, 0) is 45.3 Å². The van der Waals surface area contributed by atoms with Gasteiger partial charge in [-0.2, -0.15) is 0 Å². The van der Waals surface area contributed by atoms with Crippen LogP contribution >= 0.6 is 16.8 Å². The van der Waals surface area contributed by atoms with Gasteiger partial charge in [0.15, 0.2) is 0 Å². The molecule has 0 aliphatic heterocycles. The fraction of sp³-hybridized carbons (Fsp3) is 0.379. The highest BCUT2D eigenvalue weighted by Gasteiger charge is 2.27. The van der Waals surface area contributed by atoms with Crippen LogP contribution in [0.5, 0.6) is 34.5 Å². The molecule has 0 atom stereocenters. The van der Waals surface area contributed by atoms with E-state index in [4.69, 9.17) is 36.0 Å². The van der Waals surface area contributed by atoms with Gasteiger partial charge in [-0.05, 0) is 158 Å². The minimum atomic E-state index is -2.14. The van der Waals surface area contributed by atoms with E-state index >= 15 is 0 Å². The molecular weight excluding hydrogens is 919 g/mol. The lowest BCUT2D eigenvalue weighted by Crippen LogP contribution is -2.07. The summed E-state index contributed by atoms with van der Waals surface area (Å²) >= 11 is 0. The second-order valence-corrected chi connectivity index (χ2v) is 19.7. The summed E-state index contributed by atoms with van der Waals surface area (Å²) in [6.07, 6.45) is 12.1. The first kappa shape index (κ1) is 52.2. The van der Waals surface area contributed by atoms with E-state index in [1.807, 2.05) is 103 Å². The van der Waals surface area contributed by atoms with Gasteiger partial charge in [-0.15, -0.1) is 0 Å². The fourth-order valence-electron chi connectivity index (χ4n) is 8.65. The molecule has 2 N–H and O–H groups in total. The van der Waals surface area contributed by atoms with Crippen LogP contribution in [0.1, 0.15) is 130 Å². The van der Waals surface area contributed by atoms with E-state index in [9.17, 15) is 10.2 Å². The van der Waals surface area contributed by atoms with Crippen molar-refractivity contribution in [3.05, 3.63) is 154 Å².